The van der Waals surface area contributed by atoms with Crippen LogP contribution in [0.3, 0.4) is 0 Å². The van der Waals surface area contributed by atoms with Crippen LogP contribution in [0.2, 0.25) is 0 Å². The SMILES string of the molecule is COc1cccc(C2(F)CCN(C(=O)c3ccc(C(=O)O)cc3)CC2)c1. The zero-order valence-corrected chi connectivity index (χ0v) is 14.4. The summed E-state index contributed by atoms with van der Waals surface area (Å²) in [7, 11) is 1.54. The minimum Gasteiger partial charge on any atom is -0.497 e. The molecule has 5 nitrogen and oxygen atoms in total. The van der Waals surface area contributed by atoms with Crippen molar-refractivity contribution < 1.29 is 23.8 Å². The minimum absolute atomic E-state index is 0.126. The molecule has 0 atom stereocenters. The molecule has 1 saturated heterocycles. The summed E-state index contributed by atoms with van der Waals surface area (Å²) in [6.45, 7) is 0.598. The van der Waals surface area contributed by atoms with E-state index in [0.717, 1.165) is 0 Å². The normalized spacial score (nSPS) is 16.2. The van der Waals surface area contributed by atoms with Gasteiger partial charge in [-0.15, -0.1) is 0 Å². The molecule has 0 aliphatic carbocycles. The van der Waals surface area contributed by atoms with Crippen molar-refractivity contribution in [2.45, 2.75) is 18.5 Å². The molecule has 0 spiro atoms. The second-order valence-corrected chi connectivity index (χ2v) is 6.37. The van der Waals surface area contributed by atoms with E-state index < -0.39 is 11.6 Å². The van der Waals surface area contributed by atoms with Crippen molar-refractivity contribution in [3.8, 4) is 5.75 Å². The van der Waals surface area contributed by atoms with Gasteiger partial charge in [0.1, 0.15) is 11.4 Å². The van der Waals surface area contributed by atoms with Gasteiger partial charge in [-0.3, -0.25) is 4.79 Å². The highest BCUT2D eigenvalue weighted by atomic mass is 19.1. The van der Waals surface area contributed by atoms with Gasteiger partial charge >= 0.3 is 5.97 Å². The van der Waals surface area contributed by atoms with Crippen LogP contribution in [-0.4, -0.2) is 42.1 Å². The Balaban J connectivity index is 1.69. The number of likely N-dealkylation sites (tertiary alicyclic amines) is 1. The van der Waals surface area contributed by atoms with Crippen LogP contribution in [0.4, 0.5) is 4.39 Å². The molecular formula is C20H20FNO4. The quantitative estimate of drug-likeness (QED) is 0.910. The van der Waals surface area contributed by atoms with E-state index in [2.05, 4.69) is 0 Å². The molecule has 26 heavy (non-hydrogen) atoms. The number of carboxylic acid groups (broad SMARTS) is 1. The molecule has 2 aromatic carbocycles. The average Bonchev–Trinajstić information content (AvgIpc) is 2.68. The van der Waals surface area contributed by atoms with Crippen molar-refractivity contribution in [2.75, 3.05) is 20.2 Å². The fourth-order valence-electron chi connectivity index (χ4n) is 3.19. The maximum absolute atomic E-state index is 15.3. The van der Waals surface area contributed by atoms with E-state index in [-0.39, 0.29) is 24.3 Å². The molecule has 136 valence electrons. The van der Waals surface area contributed by atoms with Gasteiger partial charge in [-0.05, 0) is 42.0 Å². The van der Waals surface area contributed by atoms with Crippen molar-refractivity contribution in [1.29, 1.82) is 0 Å². The first-order valence-electron chi connectivity index (χ1n) is 8.39. The summed E-state index contributed by atoms with van der Waals surface area (Å²) in [4.78, 5) is 25.1. The molecule has 6 heteroatoms. The lowest BCUT2D eigenvalue weighted by Crippen LogP contribution is -2.43. The Morgan fingerprint density at radius 1 is 1.08 bits per heavy atom. The largest absolute Gasteiger partial charge is 0.497 e. The van der Waals surface area contributed by atoms with E-state index in [9.17, 15) is 9.59 Å². The summed E-state index contributed by atoms with van der Waals surface area (Å²) in [5.74, 6) is -0.645. The van der Waals surface area contributed by atoms with Crippen molar-refractivity contribution >= 4 is 11.9 Å². The second-order valence-electron chi connectivity index (χ2n) is 6.37. The predicted molar refractivity (Wildman–Crippen MR) is 94.3 cm³/mol. The molecule has 3 rings (SSSR count). The van der Waals surface area contributed by atoms with Crippen molar-refractivity contribution in [3.63, 3.8) is 0 Å². The molecule has 1 amide bonds. The van der Waals surface area contributed by atoms with Crippen LogP contribution in [0, 0.1) is 0 Å². The molecule has 0 bridgehead atoms. The number of hydrogen-bond acceptors (Lipinski definition) is 3. The lowest BCUT2D eigenvalue weighted by Gasteiger charge is -2.37. The first kappa shape index (κ1) is 17.9. The molecule has 2 aromatic rings. The number of piperidine rings is 1. The Labute approximate surface area is 151 Å². The highest BCUT2D eigenvalue weighted by Gasteiger charge is 2.37. The van der Waals surface area contributed by atoms with Crippen LogP contribution in [0.15, 0.2) is 48.5 Å². The number of nitrogens with zero attached hydrogens (tertiary/aromatic N) is 1. The number of amides is 1. The van der Waals surface area contributed by atoms with Gasteiger partial charge in [0.05, 0.1) is 12.7 Å². The van der Waals surface area contributed by atoms with Crippen LogP contribution in [0.25, 0.3) is 0 Å². The Morgan fingerprint density at radius 2 is 1.69 bits per heavy atom. The van der Waals surface area contributed by atoms with Gasteiger partial charge < -0.3 is 14.7 Å². The summed E-state index contributed by atoms with van der Waals surface area (Å²) in [5, 5.41) is 8.92. The van der Waals surface area contributed by atoms with Gasteiger partial charge in [-0.1, -0.05) is 12.1 Å². The van der Waals surface area contributed by atoms with E-state index in [1.165, 1.54) is 24.3 Å². The minimum atomic E-state index is -1.49. The van der Waals surface area contributed by atoms with Crippen LogP contribution in [0.5, 0.6) is 5.75 Å². The average molecular weight is 357 g/mol. The number of hydrogen-bond donors (Lipinski definition) is 1. The molecule has 0 unspecified atom stereocenters. The number of ether oxygens (including phenoxy) is 1. The van der Waals surface area contributed by atoms with Gasteiger partial charge in [-0.25, -0.2) is 9.18 Å². The number of carbonyl (C=O) groups is 2. The summed E-state index contributed by atoms with van der Waals surface area (Å²) < 4.78 is 20.5. The number of aromatic carboxylic acids is 1. The van der Waals surface area contributed by atoms with Crippen molar-refractivity contribution in [1.82, 2.24) is 4.90 Å². The summed E-state index contributed by atoms with van der Waals surface area (Å²) in [6.07, 6.45) is 0.415. The van der Waals surface area contributed by atoms with E-state index in [1.54, 1.807) is 36.3 Å². The molecule has 1 aliphatic heterocycles. The molecule has 1 N–H and O–H groups in total. The van der Waals surface area contributed by atoms with Crippen LogP contribution in [0.1, 0.15) is 39.1 Å². The number of methoxy groups -OCH3 is 1. The summed E-state index contributed by atoms with van der Waals surface area (Å²) in [5.41, 5.74) is -0.392. The van der Waals surface area contributed by atoms with Gasteiger partial charge in [0.2, 0.25) is 0 Å². The predicted octanol–water partition coefficient (Wildman–Crippen LogP) is 3.49. The van der Waals surface area contributed by atoms with Gasteiger partial charge in [0, 0.05) is 31.5 Å². The molecule has 0 radical (unpaired) electrons. The standard InChI is InChI=1S/C20H20FNO4/c1-26-17-4-2-3-16(13-17)20(21)9-11-22(12-10-20)18(23)14-5-7-15(8-6-14)19(24)25/h2-8,13H,9-12H2,1H3,(H,24,25). The Morgan fingerprint density at radius 3 is 2.27 bits per heavy atom. The Kier molecular flexibility index (Phi) is 4.93. The smallest absolute Gasteiger partial charge is 0.335 e. The first-order chi connectivity index (χ1) is 12.4. The molecule has 1 aliphatic rings. The summed E-state index contributed by atoms with van der Waals surface area (Å²) in [6, 6.07) is 12.7. The van der Waals surface area contributed by atoms with Gasteiger partial charge in [0.25, 0.3) is 5.91 Å². The van der Waals surface area contributed by atoms with Crippen molar-refractivity contribution in [2.24, 2.45) is 0 Å². The van der Waals surface area contributed by atoms with E-state index in [0.29, 0.717) is 30.0 Å². The number of rotatable bonds is 4. The Hall–Kier alpha value is -2.89. The van der Waals surface area contributed by atoms with Crippen molar-refractivity contribution in [3.05, 3.63) is 65.2 Å². The fourth-order valence-corrected chi connectivity index (χ4v) is 3.19. The number of carbonyl (C=O) groups excluding carboxylic acids is 1. The third-order valence-electron chi connectivity index (χ3n) is 4.81. The van der Waals surface area contributed by atoms with E-state index >= 15 is 4.39 Å². The van der Waals surface area contributed by atoms with Gasteiger partial charge in [-0.2, -0.15) is 0 Å². The van der Waals surface area contributed by atoms with Gasteiger partial charge in [0.15, 0.2) is 0 Å². The summed E-state index contributed by atoms with van der Waals surface area (Å²) >= 11 is 0. The van der Waals surface area contributed by atoms with Crippen LogP contribution < -0.4 is 4.74 Å². The third kappa shape index (κ3) is 3.54. The molecule has 0 saturated carbocycles. The highest BCUT2D eigenvalue weighted by molar-refractivity contribution is 5.96. The fraction of sp³-hybridized carbons (Fsp3) is 0.300. The second kappa shape index (κ2) is 7.15. The third-order valence-corrected chi connectivity index (χ3v) is 4.81. The number of carboxylic acids is 1. The maximum Gasteiger partial charge on any atom is 0.335 e. The zero-order chi connectivity index (χ0) is 18.7. The molecule has 1 heterocycles. The van der Waals surface area contributed by atoms with Crippen LogP contribution in [-0.2, 0) is 5.67 Å². The lowest BCUT2D eigenvalue weighted by molar-refractivity contribution is 0.0420. The first-order valence-corrected chi connectivity index (χ1v) is 8.39. The topological polar surface area (TPSA) is 66.8 Å². The number of alkyl halides is 1. The Bertz CT molecular complexity index is 811. The number of halogens is 1. The van der Waals surface area contributed by atoms with Crippen LogP contribution >= 0.6 is 0 Å². The zero-order valence-electron chi connectivity index (χ0n) is 14.4. The van der Waals surface area contributed by atoms with E-state index in [1.807, 2.05) is 0 Å². The highest BCUT2D eigenvalue weighted by Crippen LogP contribution is 2.38. The maximum atomic E-state index is 15.3. The molecular weight excluding hydrogens is 337 g/mol. The molecule has 0 aromatic heterocycles. The molecule has 1 fully saturated rings. The van der Waals surface area contributed by atoms with E-state index in [4.69, 9.17) is 9.84 Å². The lowest BCUT2D eigenvalue weighted by atomic mass is 9.86. The monoisotopic (exact) mass is 357 g/mol. The number of benzene rings is 2.